The van der Waals surface area contributed by atoms with Gasteiger partial charge in [0, 0.05) is 16.7 Å². The third-order valence-corrected chi connectivity index (χ3v) is 12.8. The Balaban J connectivity index is 1.03. The largest absolute Gasteiger partial charge is 0.192 e. The number of allylic oxidation sites excluding steroid dienone is 8. The molecule has 4 aliphatic rings. The molecule has 0 aliphatic heterocycles. The molecule has 0 heterocycles. The monoisotopic (exact) mass is 681 g/mol. The van der Waals surface area contributed by atoms with Crippen LogP contribution < -0.4 is 0 Å². The van der Waals surface area contributed by atoms with E-state index < -0.39 is 0 Å². The summed E-state index contributed by atoms with van der Waals surface area (Å²) in [6.07, 6.45) is 11.8. The predicted octanol–water partition coefficient (Wildman–Crippen LogP) is 12.3. The fourth-order valence-electron chi connectivity index (χ4n) is 9.32. The number of hydrogen-bond donors (Lipinski definition) is 0. The van der Waals surface area contributed by atoms with Crippen molar-refractivity contribution >= 4 is 32.3 Å². The summed E-state index contributed by atoms with van der Waals surface area (Å²) < 4.78 is 0. The van der Waals surface area contributed by atoms with Crippen LogP contribution in [0.15, 0.2) is 150 Å². The lowest BCUT2D eigenvalue weighted by molar-refractivity contribution is 0.403. The summed E-state index contributed by atoms with van der Waals surface area (Å²) in [6, 6.07) is 41.7. The highest BCUT2D eigenvalue weighted by atomic mass is 79.9. The molecule has 232 valence electrons. The van der Waals surface area contributed by atoms with E-state index in [2.05, 4.69) is 145 Å². The van der Waals surface area contributed by atoms with Crippen LogP contribution in [0.3, 0.4) is 0 Å². The number of rotatable bonds is 3. The van der Waals surface area contributed by atoms with Gasteiger partial charge in [0.1, 0.15) is 0 Å². The molecular formula is C46H36BrN. The van der Waals surface area contributed by atoms with Crippen LogP contribution in [0.1, 0.15) is 60.8 Å². The van der Waals surface area contributed by atoms with Crippen LogP contribution in [0.5, 0.6) is 0 Å². The van der Waals surface area contributed by atoms with E-state index in [0.29, 0.717) is 28.1 Å². The van der Waals surface area contributed by atoms with Gasteiger partial charge >= 0.3 is 0 Å². The van der Waals surface area contributed by atoms with Gasteiger partial charge in [-0.05, 0) is 109 Å². The van der Waals surface area contributed by atoms with Gasteiger partial charge in [-0.2, -0.15) is 5.26 Å². The summed E-state index contributed by atoms with van der Waals surface area (Å²) in [5, 5.41) is 11.8. The van der Waals surface area contributed by atoms with Gasteiger partial charge in [0.2, 0.25) is 0 Å². The first kappa shape index (κ1) is 29.4. The maximum atomic E-state index is 9.23. The summed E-state index contributed by atoms with van der Waals surface area (Å²) in [5.74, 6) is 1.18. The zero-order valence-corrected chi connectivity index (χ0v) is 28.8. The van der Waals surface area contributed by atoms with Crippen molar-refractivity contribution in [2.75, 3.05) is 0 Å². The van der Waals surface area contributed by atoms with Crippen LogP contribution >= 0.6 is 15.9 Å². The zero-order valence-electron chi connectivity index (χ0n) is 27.3. The SMILES string of the molecule is CC1(C)C2=CC=C(C3=CC=C4c5ccccc5-c5ccccc5C4C3)CC2C(Br)C1c1cccc2cc(-c3ccc(C#N)cc3)ccc12. The molecular weight excluding hydrogens is 646 g/mol. The smallest absolute Gasteiger partial charge is 0.0991 e. The molecule has 0 N–H and O–H groups in total. The topological polar surface area (TPSA) is 23.8 Å². The molecule has 0 spiro atoms. The van der Waals surface area contributed by atoms with E-state index in [4.69, 9.17) is 0 Å². The Labute approximate surface area is 291 Å². The normalized spacial score (nSPS) is 23.4. The second-order valence-electron chi connectivity index (χ2n) is 14.4. The van der Waals surface area contributed by atoms with Gasteiger partial charge in [-0.1, -0.05) is 151 Å². The number of benzene rings is 5. The number of alkyl halides is 1. The van der Waals surface area contributed by atoms with Crippen molar-refractivity contribution in [3.63, 3.8) is 0 Å². The van der Waals surface area contributed by atoms with Gasteiger partial charge < -0.3 is 0 Å². The number of hydrogen-bond acceptors (Lipinski definition) is 1. The fourth-order valence-corrected chi connectivity index (χ4v) is 10.7. The minimum Gasteiger partial charge on any atom is -0.192 e. The van der Waals surface area contributed by atoms with Gasteiger partial charge in [0.05, 0.1) is 11.6 Å². The van der Waals surface area contributed by atoms with Crippen LogP contribution in [0.2, 0.25) is 0 Å². The molecule has 0 saturated heterocycles. The Morgan fingerprint density at radius 1 is 0.667 bits per heavy atom. The minimum absolute atomic E-state index is 0.0149. The van der Waals surface area contributed by atoms with Gasteiger partial charge in [-0.3, -0.25) is 0 Å². The van der Waals surface area contributed by atoms with E-state index >= 15 is 0 Å². The molecule has 0 amide bonds. The molecule has 4 unspecified atom stereocenters. The summed E-state index contributed by atoms with van der Waals surface area (Å²) in [7, 11) is 0. The third-order valence-electron chi connectivity index (χ3n) is 11.7. The Morgan fingerprint density at radius 3 is 2.17 bits per heavy atom. The molecule has 5 aromatic carbocycles. The van der Waals surface area contributed by atoms with E-state index in [1.807, 2.05) is 24.3 Å². The Bertz CT molecular complexity index is 2310. The molecule has 5 aromatic rings. The van der Waals surface area contributed by atoms with Crippen LogP contribution in [0, 0.1) is 22.7 Å². The minimum atomic E-state index is 0.0149. The second kappa shape index (κ2) is 11.2. The molecule has 2 heteroatoms. The molecule has 1 nitrogen and oxygen atoms in total. The number of nitriles is 1. The van der Waals surface area contributed by atoms with Crippen molar-refractivity contribution in [3.8, 4) is 28.3 Å². The lowest BCUT2D eigenvalue weighted by atomic mass is 9.69. The first-order valence-electron chi connectivity index (χ1n) is 17.1. The molecule has 48 heavy (non-hydrogen) atoms. The van der Waals surface area contributed by atoms with Crippen LogP contribution in [-0.4, -0.2) is 4.83 Å². The van der Waals surface area contributed by atoms with E-state index in [9.17, 15) is 5.26 Å². The maximum absolute atomic E-state index is 9.23. The standard InChI is InChI=1S/C46H36BrN/c1-46(2)43-23-20-32(31-19-22-39-37-11-4-3-9-35(37)36-10-5-6-12-38(36)41(39)25-31)26-42(43)45(47)44(46)40-13-7-8-33-24-30(18-21-34(33)40)29-16-14-28(27-48)15-17-29/h3-24,41-42,44-45H,25-26H2,1-2H3. The lowest BCUT2D eigenvalue weighted by Gasteiger charge is -2.35. The summed E-state index contributed by atoms with van der Waals surface area (Å²) in [6.45, 7) is 4.90. The molecule has 1 saturated carbocycles. The van der Waals surface area contributed by atoms with Crippen molar-refractivity contribution in [1.82, 2.24) is 0 Å². The summed E-state index contributed by atoms with van der Waals surface area (Å²) in [4.78, 5) is 0.337. The van der Waals surface area contributed by atoms with Crippen molar-refractivity contribution in [1.29, 1.82) is 5.26 Å². The van der Waals surface area contributed by atoms with Crippen molar-refractivity contribution in [2.45, 2.75) is 43.4 Å². The van der Waals surface area contributed by atoms with Gasteiger partial charge in [0.15, 0.2) is 0 Å². The number of fused-ring (bicyclic) bond motifs is 8. The maximum Gasteiger partial charge on any atom is 0.0991 e. The van der Waals surface area contributed by atoms with E-state index in [1.165, 1.54) is 60.9 Å². The Kier molecular flexibility index (Phi) is 6.86. The average molecular weight is 683 g/mol. The molecule has 0 bridgehead atoms. The predicted molar refractivity (Wildman–Crippen MR) is 203 cm³/mol. The highest BCUT2D eigenvalue weighted by Crippen LogP contribution is 2.62. The zero-order chi connectivity index (χ0) is 32.6. The second-order valence-corrected chi connectivity index (χ2v) is 15.5. The van der Waals surface area contributed by atoms with Crippen molar-refractivity contribution in [3.05, 3.63) is 172 Å². The first-order chi connectivity index (χ1) is 23.4. The van der Waals surface area contributed by atoms with Crippen LogP contribution in [0.25, 0.3) is 38.6 Å². The Hall–Kier alpha value is -4.71. The first-order valence-corrected chi connectivity index (χ1v) is 18.0. The van der Waals surface area contributed by atoms with E-state index in [1.54, 1.807) is 5.57 Å². The average Bonchev–Trinajstić information content (AvgIpc) is 3.34. The van der Waals surface area contributed by atoms with Gasteiger partial charge in [-0.25, -0.2) is 0 Å². The number of nitrogens with zero attached hydrogens (tertiary/aromatic N) is 1. The molecule has 9 rings (SSSR count). The van der Waals surface area contributed by atoms with E-state index in [-0.39, 0.29) is 5.41 Å². The van der Waals surface area contributed by atoms with Gasteiger partial charge in [0.25, 0.3) is 0 Å². The fraction of sp³-hybridized carbons (Fsp3) is 0.196. The highest BCUT2D eigenvalue weighted by molar-refractivity contribution is 9.09. The van der Waals surface area contributed by atoms with Gasteiger partial charge in [-0.15, -0.1) is 0 Å². The highest BCUT2D eigenvalue weighted by Gasteiger charge is 2.52. The van der Waals surface area contributed by atoms with Crippen LogP contribution in [-0.2, 0) is 0 Å². The van der Waals surface area contributed by atoms with Crippen molar-refractivity contribution in [2.24, 2.45) is 11.3 Å². The van der Waals surface area contributed by atoms with Crippen LogP contribution in [0.4, 0.5) is 0 Å². The molecule has 4 atom stereocenters. The third kappa shape index (κ3) is 4.48. The molecule has 0 radical (unpaired) electrons. The summed E-state index contributed by atoms with van der Waals surface area (Å²) >= 11 is 4.33. The number of halogens is 1. The quantitative estimate of drug-likeness (QED) is 0.174. The summed E-state index contributed by atoms with van der Waals surface area (Å²) in [5.41, 5.74) is 16.0. The molecule has 1 fully saturated rings. The van der Waals surface area contributed by atoms with Crippen molar-refractivity contribution < 1.29 is 0 Å². The Morgan fingerprint density at radius 2 is 1.35 bits per heavy atom. The van der Waals surface area contributed by atoms with E-state index in [0.717, 1.165) is 18.4 Å². The molecule has 4 aliphatic carbocycles. The molecule has 0 aromatic heterocycles. The lowest BCUT2D eigenvalue weighted by Crippen LogP contribution is -2.21.